The second kappa shape index (κ2) is 6.58. The van der Waals surface area contributed by atoms with Crippen LogP contribution in [0.5, 0.6) is 0 Å². The molecule has 0 bridgehead atoms. The summed E-state index contributed by atoms with van der Waals surface area (Å²) < 4.78 is 0. The predicted octanol–water partition coefficient (Wildman–Crippen LogP) is -0.0915. The average Bonchev–Trinajstić information content (AvgIpc) is 1.97. The van der Waals surface area contributed by atoms with Gasteiger partial charge < -0.3 is 15.3 Å². The molecule has 0 saturated carbocycles. The molecule has 0 aromatic carbocycles. The van der Waals surface area contributed by atoms with Crippen molar-refractivity contribution in [1.29, 1.82) is 0 Å². The zero-order valence-electron chi connectivity index (χ0n) is 7.80. The molecular weight excluding hydrogens is 140 g/mol. The predicted molar refractivity (Wildman–Crippen MR) is 47.7 cm³/mol. The minimum absolute atomic E-state index is 0.297. The quantitative estimate of drug-likeness (QED) is 0.570. The van der Waals surface area contributed by atoms with Gasteiger partial charge in [-0.05, 0) is 34.0 Å². The maximum Gasteiger partial charge on any atom is 0.0431 e. The van der Waals surface area contributed by atoms with Crippen LogP contribution < -0.4 is 5.32 Å². The third kappa shape index (κ3) is 6.28. The third-order valence-corrected chi connectivity index (χ3v) is 1.70. The smallest absolute Gasteiger partial charge is 0.0431 e. The van der Waals surface area contributed by atoms with E-state index in [2.05, 4.69) is 24.3 Å². The van der Waals surface area contributed by atoms with Crippen molar-refractivity contribution in [1.82, 2.24) is 10.2 Å². The molecule has 0 heterocycles. The van der Waals surface area contributed by atoms with E-state index in [1.54, 1.807) is 0 Å². The van der Waals surface area contributed by atoms with Crippen molar-refractivity contribution in [3.8, 4) is 0 Å². The van der Waals surface area contributed by atoms with Gasteiger partial charge in [0.25, 0.3) is 0 Å². The van der Waals surface area contributed by atoms with Crippen LogP contribution in [0.25, 0.3) is 0 Å². The summed E-state index contributed by atoms with van der Waals surface area (Å²) in [6.45, 7) is 1.34. The summed E-state index contributed by atoms with van der Waals surface area (Å²) >= 11 is 0. The summed E-state index contributed by atoms with van der Waals surface area (Å²) in [5.74, 6) is 0. The summed E-state index contributed by atoms with van der Waals surface area (Å²) in [7, 11) is 6.08. The van der Waals surface area contributed by atoms with E-state index in [-0.39, 0.29) is 0 Å². The molecule has 0 aliphatic carbocycles. The molecule has 0 radical (unpaired) electrons. The largest absolute Gasteiger partial charge is 0.396 e. The Bertz CT molecular complexity index is 86.2. The fourth-order valence-electron chi connectivity index (χ4n) is 1.11. The van der Waals surface area contributed by atoms with Gasteiger partial charge in [-0.15, -0.1) is 0 Å². The second-order valence-electron chi connectivity index (χ2n) is 3.11. The van der Waals surface area contributed by atoms with Gasteiger partial charge in [-0.25, -0.2) is 0 Å². The topological polar surface area (TPSA) is 35.5 Å². The van der Waals surface area contributed by atoms with E-state index in [1.807, 2.05) is 7.05 Å². The standard InChI is InChI=1S/C8H20N2O/c1-9-8(5-4-6-11)7-10(2)3/h8-9,11H,4-7H2,1-3H3. The maximum absolute atomic E-state index is 8.60. The third-order valence-electron chi connectivity index (χ3n) is 1.70. The van der Waals surface area contributed by atoms with E-state index >= 15 is 0 Å². The molecular formula is C8H20N2O. The molecule has 0 aromatic rings. The molecule has 2 N–H and O–H groups in total. The average molecular weight is 160 g/mol. The monoisotopic (exact) mass is 160 g/mol. The van der Waals surface area contributed by atoms with Crippen LogP contribution in [0.1, 0.15) is 12.8 Å². The zero-order valence-corrected chi connectivity index (χ0v) is 7.80. The van der Waals surface area contributed by atoms with Gasteiger partial charge in [-0.2, -0.15) is 0 Å². The molecule has 0 aromatic heterocycles. The molecule has 0 fully saturated rings. The Kier molecular flexibility index (Phi) is 6.51. The van der Waals surface area contributed by atoms with E-state index < -0.39 is 0 Å². The van der Waals surface area contributed by atoms with Gasteiger partial charge in [0.2, 0.25) is 0 Å². The zero-order chi connectivity index (χ0) is 8.69. The number of aliphatic hydroxyl groups is 1. The number of rotatable bonds is 6. The van der Waals surface area contributed by atoms with Gasteiger partial charge >= 0.3 is 0 Å². The highest BCUT2D eigenvalue weighted by atomic mass is 16.2. The van der Waals surface area contributed by atoms with Crippen molar-refractivity contribution in [2.45, 2.75) is 18.9 Å². The van der Waals surface area contributed by atoms with Gasteiger partial charge in [0.05, 0.1) is 0 Å². The Morgan fingerprint density at radius 1 is 1.45 bits per heavy atom. The van der Waals surface area contributed by atoms with Crippen LogP contribution in [0.3, 0.4) is 0 Å². The normalized spacial score (nSPS) is 13.9. The van der Waals surface area contributed by atoms with Crippen LogP contribution in [0.2, 0.25) is 0 Å². The molecule has 0 amide bonds. The van der Waals surface area contributed by atoms with Crippen LogP contribution in [0.15, 0.2) is 0 Å². The number of nitrogens with zero attached hydrogens (tertiary/aromatic N) is 1. The van der Waals surface area contributed by atoms with Crippen LogP contribution in [0, 0.1) is 0 Å². The number of hydrogen-bond acceptors (Lipinski definition) is 3. The van der Waals surface area contributed by atoms with Gasteiger partial charge in [-0.1, -0.05) is 0 Å². The lowest BCUT2D eigenvalue weighted by Gasteiger charge is -2.19. The Morgan fingerprint density at radius 3 is 2.45 bits per heavy atom. The van der Waals surface area contributed by atoms with Gasteiger partial charge in [0, 0.05) is 19.2 Å². The SMILES string of the molecule is CNC(CCCO)CN(C)C. The summed E-state index contributed by atoms with van der Waals surface area (Å²) in [6, 6.07) is 0.511. The van der Waals surface area contributed by atoms with Gasteiger partial charge in [0.1, 0.15) is 0 Å². The van der Waals surface area contributed by atoms with Crippen molar-refractivity contribution in [3.63, 3.8) is 0 Å². The molecule has 0 rings (SSSR count). The maximum atomic E-state index is 8.60. The second-order valence-corrected chi connectivity index (χ2v) is 3.11. The molecule has 1 unspecified atom stereocenters. The summed E-state index contributed by atoms with van der Waals surface area (Å²) in [4.78, 5) is 2.15. The highest BCUT2D eigenvalue weighted by Crippen LogP contribution is 1.96. The lowest BCUT2D eigenvalue weighted by molar-refractivity contribution is 0.263. The molecule has 0 aliphatic rings. The lowest BCUT2D eigenvalue weighted by Crippen LogP contribution is -2.36. The van der Waals surface area contributed by atoms with Crippen LogP contribution >= 0.6 is 0 Å². The number of likely N-dealkylation sites (N-methyl/N-ethyl adjacent to an activating group) is 2. The first-order valence-electron chi connectivity index (χ1n) is 4.13. The minimum Gasteiger partial charge on any atom is -0.396 e. The van der Waals surface area contributed by atoms with E-state index in [0.29, 0.717) is 12.6 Å². The van der Waals surface area contributed by atoms with Crippen molar-refractivity contribution < 1.29 is 5.11 Å². The molecule has 0 spiro atoms. The Hall–Kier alpha value is -0.120. The molecule has 0 aliphatic heterocycles. The first-order chi connectivity index (χ1) is 5.20. The highest BCUT2D eigenvalue weighted by Gasteiger charge is 2.05. The van der Waals surface area contributed by atoms with Gasteiger partial charge in [0.15, 0.2) is 0 Å². The van der Waals surface area contributed by atoms with E-state index in [0.717, 1.165) is 19.4 Å². The Balaban J connectivity index is 3.41. The minimum atomic E-state index is 0.297. The van der Waals surface area contributed by atoms with Crippen molar-refractivity contribution in [2.24, 2.45) is 0 Å². The van der Waals surface area contributed by atoms with Crippen molar-refractivity contribution in [3.05, 3.63) is 0 Å². The molecule has 0 saturated heterocycles. The number of hydrogen-bond donors (Lipinski definition) is 2. The summed E-state index contributed by atoms with van der Waals surface area (Å²) in [6.07, 6.45) is 1.94. The lowest BCUT2D eigenvalue weighted by atomic mass is 10.1. The fourth-order valence-corrected chi connectivity index (χ4v) is 1.11. The van der Waals surface area contributed by atoms with E-state index in [1.165, 1.54) is 0 Å². The number of aliphatic hydroxyl groups excluding tert-OH is 1. The highest BCUT2D eigenvalue weighted by molar-refractivity contribution is 4.66. The van der Waals surface area contributed by atoms with Crippen LogP contribution in [-0.4, -0.2) is 50.3 Å². The van der Waals surface area contributed by atoms with Crippen LogP contribution in [0.4, 0.5) is 0 Å². The molecule has 1 atom stereocenters. The molecule has 3 nitrogen and oxygen atoms in total. The van der Waals surface area contributed by atoms with Crippen molar-refractivity contribution >= 4 is 0 Å². The van der Waals surface area contributed by atoms with Crippen molar-refractivity contribution in [2.75, 3.05) is 34.3 Å². The Labute approximate surface area is 69.4 Å². The van der Waals surface area contributed by atoms with Gasteiger partial charge in [-0.3, -0.25) is 0 Å². The van der Waals surface area contributed by atoms with Crippen LogP contribution in [-0.2, 0) is 0 Å². The summed E-state index contributed by atoms with van der Waals surface area (Å²) in [5.41, 5.74) is 0. The molecule has 68 valence electrons. The first kappa shape index (κ1) is 10.9. The first-order valence-corrected chi connectivity index (χ1v) is 4.13. The summed E-state index contributed by atoms with van der Waals surface area (Å²) in [5, 5.41) is 11.8. The Morgan fingerprint density at radius 2 is 2.09 bits per heavy atom. The van der Waals surface area contributed by atoms with E-state index in [4.69, 9.17) is 5.11 Å². The van der Waals surface area contributed by atoms with E-state index in [9.17, 15) is 0 Å². The fraction of sp³-hybridized carbons (Fsp3) is 1.00. The molecule has 11 heavy (non-hydrogen) atoms. The number of nitrogens with one attached hydrogen (secondary N) is 1. The molecule has 3 heteroatoms.